The van der Waals surface area contributed by atoms with Crippen molar-refractivity contribution in [2.24, 2.45) is 11.7 Å². The van der Waals surface area contributed by atoms with Gasteiger partial charge in [0.25, 0.3) is 0 Å². The summed E-state index contributed by atoms with van der Waals surface area (Å²) in [5.74, 6) is 0.191. The van der Waals surface area contributed by atoms with Crippen LogP contribution < -0.4 is 11.1 Å². The molecule has 0 aliphatic carbocycles. The Morgan fingerprint density at radius 2 is 2.25 bits per heavy atom. The second-order valence-electron chi connectivity index (χ2n) is 5.70. The number of nitrogens with two attached hydrogens (primary N) is 1. The fourth-order valence-corrected chi connectivity index (χ4v) is 2.50. The third-order valence-corrected chi connectivity index (χ3v) is 3.83. The minimum absolute atomic E-state index is 0.0201. The highest BCUT2D eigenvalue weighted by Gasteiger charge is 2.27. The number of nitrogens with one attached hydrogen (secondary N) is 1. The van der Waals surface area contributed by atoms with Gasteiger partial charge in [-0.2, -0.15) is 0 Å². The first-order chi connectivity index (χ1) is 9.45. The van der Waals surface area contributed by atoms with Gasteiger partial charge in [-0.05, 0) is 30.0 Å². The van der Waals surface area contributed by atoms with Crippen LogP contribution in [0, 0.1) is 18.7 Å². The summed E-state index contributed by atoms with van der Waals surface area (Å²) in [6.45, 7) is 6.25. The lowest BCUT2D eigenvalue weighted by molar-refractivity contribution is -0.122. The maximum atomic E-state index is 13.1. The van der Waals surface area contributed by atoms with E-state index in [-0.39, 0.29) is 17.8 Å². The van der Waals surface area contributed by atoms with E-state index in [0.717, 1.165) is 18.7 Å². The first-order valence-corrected chi connectivity index (χ1v) is 6.95. The Labute approximate surface area is 119 Å². The molecule has 1 fully saturated rings. The quantitative estimate of drug-likeness (QED) is 0.865. The molecule has 1 amide bonds. The molecule has 0 radical (unpaired) electrons. The van der Waals surface area contributed by atoms with E-state index < -0.39 is 0 Å². The third kappa shape index (κ3) is 3.77. The van der Waals surface area contributed by atoms with E-state index in [1.807, 2.05) is 0 Å². The van der Waals surface area contributed by atoms with Crippen molar-refractivity contribution in [2.75, 3.05) is 19.6 Å². The third-order valence-electron chi connectivity index (χ3n) is 3.83. The molecule has 1 aromatic carbocycles. The van der Waals surface area contributed by atoms with Crippen LogP contribution in [0.2, 0.25) is 0 Å². The summed E-state index contributed by atoms with van der Waals surface area (Å²) in [6, 6.07) is 5.03. The van der Waals surface area contributed by atoms with E-state index in [1.165, 1.54) is 6.07 Å². The Morgan fingerprint density at radius 1 is 1.50 bits per heavy atom. The molecule has 110 valence electrons. The minimum Gasteiger partial charge on any atom is -0.351 e. The number of halogens is 1. The summed E-state index contributed by atoms with van der Waals surface area (Å²) in [5, 5.41) is 2.86. The normalized spacial score (nSPS) is 23.0. The lowest BCUT2D eigenvalue weighted by Gasteiger charge is -2.15. The summed E-state index contributed by atoms with van der Waals surface area (Å²) in [6.07, 6.45) is 0. The van der Waals surface area contributed by atoms with Crippen molar-refractivity contribution in [3.05, 3.63) is 35.1 Å². The Morgan fingerprint density at radius 3 is 2.85 bits per heavy atom. The number of hydrogen-bond donors (Lipinski definition) is 2. The Balaban J connectivity index is 1.79. The molecule has 1 aliphatic rings. The number of aryl methyl sites for hydroxylation is 1. The molecule has 2 atom stereocenters. The molecule has 0 spiro atoms. The zero-order chi connectivity index (χ0) is 14.7. The molecule has 2 unspecified atom stereocenters. The largest absolute Gasteiger partial charge is 0.351 e. The second-order valence-corrected chi connectivity index (χ2v) is 5.70. The molecule has 3 N–H and O–H groups in total. The number of rotatable bonds is 4. The van der Waals surface area contributed by atoms with Crippen molar-refractivity contribution in [3.63, 3.8) is 0 Å². The van der Waals surface area contributed by atoms with E-state index in [4.69, 9.17) is 5.73 Å². The summed E-state index contributed by atoms with van der Waals surface area (Å²) in [5.41, 5.74) is 7.43. The van der Waals surface area contributed by atoms with Gasteiger partial charge in [0.05, 0.1) is 6.54 Å². The van der Waals surface area contributed by atoms with Crippen LogP contribution in [0.25, 0.3) is 0 Å². The lowest BCUT2D eigenvalue weighted by atomic mass is 10.1. The molecule has 5 heteroatoms. The number of amides is 1. The van der Waals surface area contributed by atoms with Crippen LogP contribution in [0.5, 0.6) is 0 Å². The molecular formula is C15H22FN3O. The van der Waals surface area contributed by atoms with Gasteiger partial charge >= 0.3 is 0 Å². The highest BCUT2D eigenvalue weighted by Crippen LogP contribution is 2.13. The Bertz CT molecular complexity index is 482. The number of likely N-dealkylation sites (tertiary alicyclic amines) is 1. The molecule has 1 heterocycles. The smallest absolute Gasteiger partial charge is 0.234 e. The van der Waals surface area contributed by atoms with Gasteiger partial charge in [-0.15, -0.1) is 0 Å². The van der Waals surface area contributed by atoms with Crippen molar-refractivity contribution in [3.8, 4) is 0 Å². The standard InChI is InChI=1S/C15H22FN3O/c1-10-5-12(3-4-13(10)16)6-18-15(20)9-19-7-11(2)14(17)8-19/h3-5,11,14H,6-9,17H2,1-2H3,(H,18,20). The lowest BCUT2D eigenvalue weighted by Crippen LogP contribution is -2.37. The van der Waals surface area contributed by atoms with Gasteiger partial charge in [0, 0.05) is 25.7 Å². The Hall–Kier alpha value is -1.46. The molecule has 1 saturated heterocycles. The number of hydrogen-bond acceptors (Lipinski definition) is 3. The SMILES string of the molecule is Cc1cc(CNC(=O)CN2CC(C)C(N)C2)ccc1F. The van der Waals surface area contributed by atoms with Crippen LogP contribution in [-0.2, 0) is 11.3 Å². The maximum Gasteiger partial charge on any atom is 0.234 e. The number of benzene rings is 1. The van der Waals surface area contributed by atoms with Gasteiger partial charge in [-0.1, -0.05) is 19.1 Å². The molecule has 0 saturated carbocycles. The van der Waals surface area contributed by atoms with Crippen molar-refractivity contribution in [1.82, 2.24) is 10.2 Å². The molecular weight excluding hydrogens is 257 g/mol. The van der Waals surface area contributed by atoms with Gasteiger partial charge in [-0.25, -0.2) is 4.39 Å². The molecule has 20 heavy (non-hydrogen) atoms. The average molecular weight is 279 g/mol. The highest BCUT2D eigenvalue weighted by atomic mass is 19.1. The molecule has 0 aromatic heterocycles. The summed E-state index contributed by atoms with van der Waals surface area (Å²) in [7, 11) is 0. The molecule has 1 aromatic rings. The average Bonchev–Trinajstić information content (AvgIpc) is 2.70. The second kappa shape index (κ2) is 6.33. The van der Waals surface area contributed by atoms with E-state index in [2.05, 4.69) is 17.1 Å². The molecule has 2 rings (SSSR count). The first kappa shape index (κ1) is 14.9. The van der Waals surface area contributed by atoms with E-state index in [0.29, 0.717) is 24.6 Å². The fourth-order valence-electron chi connectivity index (χ4n) is 2.50. The highest BCUT2D eigenvalue weighted by molar-refractivity contribution is 5.78. The molecule has 1 aliphatic heterocycles. The van der Waals surface area contributed by atoms with Crippen LogP contribution in [-0.4, -0.2) is 36.5 Å². The zero-order valence-corrected chi connectivity index (χ0v) is 12.0. The number of carbonyl (C=O) groups excluding carboxylic acids is 1. The van der Waals surface area contributed by atoms with Crippen molar-refractivity contribution in [2.45, 2.75) is 26.4 Å². The Kier molecular flexibility index (Phi) is 4.73. The van der Waals surface area contributed by atoms with E-state index in [9.17, 15) is 9.18 Å². The van der Waals surface area contributed by atoms with Crippen LogP contribution in [0.1, 0.15) is 18.1 Å². The van der Waals surface area contributed by atoms with Gasteiger partial charge in [0.1, 0.15) is 5.82 Å². The topological polar surface area (TPSA) is 58.4 Å². The van der Waals surface area contributed by atoms with Gasteiger partial charge in [-0.3, -0.25) is 9.69 Å². The van der Waals surface area contributed by atoms with Crippen LogP contribution in [0.15, 0.2) is 18.2 Å². The molecule has 4 nitrogen and oxygen atoms in total. The van der Waals surface area contributed by atoms with E-state index >= 15 is 0 Å². The number of nitrogens with zero attached hydrogens (tertiary/aromatic N) is 1. The van der Waals surface area contributed by atoms with Crippen molar-refractivity contribution < 1.29 is 9.18 Å². The first-order valence-electron chi connectivity index (χ1n) is 6.95. The van der Waals surface area contributed by atoms with E-state index in [1.54, 1.807) is 19.1 Å². The zero-order valence-electron chi connectivity index (χ0n) is 12.0. The van der Waals surface area contributed by atoms with Crippen LogP contribution >= 0.6 is 0 Å². The molecule has 0 bridgehead atoms. The number of carbonyl (C=O) groups is 1. The van der Waals surface area contributed by atoms with Gasteiger partial charge in [0.15, 0.2) is 0 Å². The van der Waals surface area contributed by atoms with Crippen LogP contribution in [0.3, 0.4) is 0 Å². The van der Waals surface area contributed by atoms with Crippen LogP contribution in [0.4, 0.5) is 4.39 Å². The fraction of sp³-hybridized carbons (Fsp3) is 0.533. The van der Waals surface area contributed by atoms with Crippen molar-refractivity contribution in [1.29, 1.82) is 0 Å². The monoisotopic (exact) mass is 279 g/mol. The van der Waals surface area contributed by atoms with Crippen molar-refractivity contribution >= 4 is 5.91 Å². The van der Waals surface area contributed by atoms with Gasteiger partial charge < -0.3 is 11.1 Å². The predicted molar refractivity (Wildman–Crippen MR) is 76.6 cm³/mol. The summed E-state index contributed by atoms with van der Waals surface area (Å²) < 4.78 is 13.1. The minimum atomic E-state index is -0.222. The maximum absolute atomic E-state index is 13.1. The summed E-state index contributed by atoms with van der Waals surface area (Å²) in [4.78, 5) is 13.9. The van der Waals surface area contributed by atoms with Gasteiger partial charge in [0.2, 0.25) is 5.91 Å². The predicted octanol–water partition coefficient (Wildman–Crippen LogP) is 1.03. The summed E-state index contributed by atoms with van der Waals surface area (Å²) >= 11 is 0.